The van der Waals surface area contributed by atoms with Crippen LogP contribution in [0.1, 0.15) is 78.5 Å². The molecule has 0 aliphatic carbocycles. The van der Waals surface area contributed by atoms with Gasteiger partial charge in [-0.2, -0.15) is 0 Å². The van der Waals surface area contributed by atoms with E-state index in [-0.39, 0.29) is 17.5 Å². The van der Waals surface area contributed by atoms with E-state index in [1.54, 1.807) is 25.4 Å². The van der Waals surface area contributed by atoms with Gasteiger partial charge in [0.15, 0.2) is 0 Å². The van der Waals surface area contributed by atoms with Gasteiger partial charge in [-0.1, -0.05) is 46.6 Å². The van der Waals surface area contributed by atoms with Gasteiger partial charge in [-0.05, 0) is 56.0 Å². The summed E-state index contributed by atoms with van der Waals surface area (Å²) < 4.78 is 13.6. The average Bonchev–Trinajstić information content (AvgIpc) is 2.85. The van der Waals surface area contributed by atoms with Crippen LogP contribution in [0.25, 0.3) is 11.3 Å². The number of hydrogen-bond donors (Lipinski definition) is 1. The number of benzene rings is 1. The Morgan fingerprint density at radius 2 is 1.79 bits per heavy atom. The maximum Gasteiger partial charge on any atom is 0.134 e. The Hall–Kier alpha value is -3.15. The summed E-state index contributed by atoms with van der Waals surface area (Å²) in [6, 6.07) is 12.2. The molecule has 0 saturated carbocycles. The van der Waals surface area contributed by atoms with Gasteiger partial charge >= 0.3 is 0 Å². The molecule has 6 heteroatoms. The van der Waals surface area contributed by atoms with Crippen molar-refractivity contribution in [1.82, 2.24) is 15.0 Å². The molecule has 0 amide bonds. The Morgan fingerprint density at radius 3 is 2.38 bits per heavy atom. The molecule has 0 fully saturated rings. The zero-order chi connectivity index (χ0) is 24.9. The summed E-state index contributed by atoms with van der Waals surface area (Å²) in [5.41, 5.74) is 2.43. The van der Waals surface area contributed by atoms with Gasteiger partial charge in [0.05, 0.1) is 5.69 Å². The van der Waals surface area contributed by atoms with Crippen LogP contribution in [0.3, 0.4) is 0 Å². The van der Waals surface area contributed by atoms with Crippen LogP contribution >= 0.6 is 0 Å². The third kappa shape index (κ3) is 9.00. The fraction of sp³-hybridized carbons (Fsp3) is 0.429. The monoisotopic (exact) mass is 464 g/mol. The zero-order valence-electron chi connectivity index (χ0n) is 21.0. The lowest BCUT2D eigenvalue weighted by Gasteiger charge is -2.18. The van der Waals surface area contributed by atoms with Gasteiger partial charge in [0.1, 0.15) is 23.2 Å². The van der Waals surface area contributed by atoms with E-state index in [0.29, 0.717) is 23.8 Å². The summed E-state index contributed by atoms with van der Waals surface area (Å²) in [4.78, 5) is 23.7. The second kappa shape index (κ2) is 14.2. The second-order valence-corrected chi connectivity index (χ2v) is 8.63. The molecule has 2 atom stereocenters. The molecule has 0 bridgehead atoms. The third-order valence-electron chi connectivity index (χ3n) is 5.86. The maximum atomic E-state index is 13.6. The summed E-state index contributed by atoms with van der Waals surface area (Å²) in [6.45, 7) is 10.1. The van der Waals surface area contributed by atoms with Crippen molar-refractivity contribution < 1.29 is 9.18 Å². The van der Waals surface area contributed by atoms with Crippen molar-refractivity contribution >= 4 is 17.3 Å². The highest BCUT2D eigenvalue weighted by Crippen LogP contribution is 2.29. The number of nitrogens with one attached hydrogen (secondary N) is 1. The Bertz CT molecular complexity index is 1030. The number of Topliss-reactive ketones (excluding diaryl/α,β-unsaturated/α-hetero) is 1. The molecule has 0 radical (unpaired) electrons. The molecule has 34 heavy (non-hydrogen) atoms. The predicted octanol–water partition coefficient (Wildman–Crippen LogP) is 7.73. The molecule has 0 aliphatic heterocycles. The van der Waals surface area contributed by atoms with E-state index in [0.717, 1.165) is 36.3 Å². The molecule has 3 rings (SSSR count). The number of carbonyl (C=O) groups is 1. The van der Waals surface area contributed by atoms with Gasteiger partial charge in [0.2, 0.25) is 0 Å². The summed E-state index contributed by atoms with van der Waals surface area (Å²) >= 11 is 0. The number of anilines is 2. The van der Waals surface area contributed by atoms with Gasteiger partial charge in [0, 0.05) is 42.0 Å². The number of aromatic nitrogens is 3. The number of pyridine rings is 1. The summed E-state index contributed by atoms with van der Waals surface area (Å²) in [6.07, 6.45) is 8.59. The SMILES string of the molecule is CCC(C)=O.CCC(C)CCC(CC)c1nc(Nc2cccc(F)c2)cc(-c2cccnc2)n1. The molecule has 0 saturated heterocycles. The first-order valence-electron chi connectivity index (χ1n) is 12.2. The normalized spacial score (nSPS) is 12.3. The van der Waals surface area contributed by atoms with Crippen molar-refractivity contribution in [1.29, 1.82) is 0 Å². The maximum absolute atomic E-state index is 13.6. The van der Waals surface area contributed by atoms with Crippen LogP contribution in [0, 0.1) is 11.7 Å². The van der Waals surface area contributed by atoms with Crippen LogP contribution in [-0.2, 0) is 4.79 Å². The van der Waals surface area contributed by atoms with Crippen LogP contribution in [0.15, 0.2) is 54.9 Å². The molecule has 1 aromatic carbocycles. The first-order valence-corrected chi connectivity index (χ1v) is 12.2. The van der Waals surface area contributed by atoms with Crippen molar-refractivity contribution in [3.8, 4) is 11.3 Å². The van der Waals surface area contributed by atoms with E-state index in [1.807, 2.05) is 31.2 Å². The zero-order valence-corrected chi connectivity index (χ0v) is 21.0. The minimum atomic E-state index is -0.281. The van der Waals surface area contributed by atoms with Crippen LogP contribution < -0.4 is 5.32 Å². The molecule has 2 unspecified atom stereocenters. The topological polar surface area (TPSA) is 67.8 Å². The Labute approximate surface area is 203 Å². The number of nitrogens with zero attached hydrogens (tertiary/aromatic N) is 3. The number of hydrogen-bond acceptors (Lipinski definition) is 5. The van der Waals surface area contributed by atoms with Crippen molar-refractivity contribution in [3.63, 3.8) is 0 Å². The van der Waals surface area contributed by atoms with E-state index >= 15 is 0 Å². The molecule has 3 aromatic rings. The first-order chi connectivity index (χ1) is 16.4. The molecule has 182 valence electrons. The fourth-order valence-corrected chi connectivity index (χ4v) is 3.29. The van der Waals surface area contributed by atoms with Gasteiger partial charge in [-0.15, -0.1) is 0 Å². The van der Waals surface area contributed by atoms with E-state index < -0.39 is 0 Å². The molecule has 0 aliphatic rings. The molecular weight excluding hydrogens is 427 g/mol. The van der Waals surface area contributed by atoms with Crippen molar-refractivity contribution in [2.24, 2.45) is 5.92 Å². The third-order valence-corrected chi connectivity index (χ3v) is 5.86. The number of halogens is 1. The molecule has 2 aromatic heterocycles. The minimum Gasteiger partial charge on any atom is -0.340 e. The fourth-order valence-electron chi connectivity index (χ4n) is 3.29. The first kappa shape index (κ1) is 27.1. The average molecular weight is 465 g/mol. The quantitative estimate of drug-likeness (QED) is 0.332. The Balaban J connectivity index is 0.000000739. The smallest absolute Gasteiger partial charge is 0.134 e. The summed E-state index contributed by atoms with van der Waals surface area (Å²) in [5, 5.41) is 3.24. The molecule has 0 spiro atoms. The largest absolute Gasteiger partial charge is 0.340 e. The second-order valence-electron chi connectivity index (χ2n) is 8.63. The lowest BCUT2D eigenvalue weighted by molar-refractivity contribution is -0.116. The lowest BCUT2D eigenvalue weighted by Crippen LogP contribution is -2.09. The highest BCUT2D eigenvalue weighted by Gasteiger charge is 2.17. The number of rotatable bonds is 10. The van der Waals surface area contributed by atoms with Crippen LogP contribution in [-0.4, -0.2) is 20.7 Å². The highest BCUT2D eigenvalue weighted by molar-refractivity contribution is 5.74. The Kier molecular flexibility index (Phi) is 11.3. The molecule has 1 N–H and O–H groups in total. The van der Waals surface area contributed by atoms with Crippen LogP contribution in [0.5, 0.6) is 0 Å². The van der Waals surface area contributed by atoms with Crippen molar-refractivity contribution in [3.05, 3.63) is 66.5 Å². The molecular formula is C28H37FN4O. The van der Waals surface area contributed by atoms with E-state index in [9.17, 15) is 9.18 Å². The highest BCUT2D eigenvalue weighted by atomic mass is 19.1. The molecule has 5 nitrogen and oxygen atoms in total. The van der Waals surface area contributed by atoms with Crippen LogP contribution in [0.2, 0.25) is 0 Å². The van der Waals surface area contributed by atoms with E-state index in [2.05, 4.69) is 31.1 Å². The standard InChI is InChI=1S/C24H29FN4.C4H8O/c1-4-17(3)11-12-18(5-2)24-28-22(19-8-7-13-26-16-19)15-23(29-24)27-21-10-6-9-20(25)14-21;1-3-4(2)5/h6-10,13-18H,4-5,11-12H2,1-3H3,(H,27,28,29);3H2,1-2H3. The van der Waals surface area contributed by atoms with Crippen molar-refractivity contribution in [2.75, 3.05) is 5.32 Å². The summed E-state index contributed by atoms with van der Waals surface area (Å²) in [7, 11) is 0. The number of carbonyl (C=O) groups excluding carboxylic acids is 1. The van der Waals surface area contributed by atoms with Gasteiger partial charge < -0.3 is 10.1 Å². The van der Waals surface area contributed by atoms with Crippen molar-refractivity contribution in [2.45, 2.75) is 72.6 Å². The van der Waals surface area contributed by atoms with Gasteiger partial charge in [-0.25, -0.2) is 14.4 Å². The van der Waals surface area contributed by atoms with Gasteiger partial charge in [0.25, 0.3) is 0 Å². The van der Waals surface area contributed by atoms with Gasteiger partial charge in [-0.3, -0.25) is 4.98 Å². The van der Waals surface area contributed by atoms with Crippen LogP contribution in [0.4, 0.5) is 15.9 Å². The number of ketones is 1. The Morgan fingerprint density at radius 1 is 1.03 bits per heavy atom. The van der Waals surface area contributed by atoms with E-state index in [4.69, 9.17) is 9.97 Å². The summed E-state index contributed by atoms with van der Waals surface area (Å²) in [5.74, 6) is 2.45. The minimum absolute atomic E-state index is 0.255. The lowest BCUT2D eigenvalue weighted by atomic mass is 9.93. The predicted molar refractivity (Wildman–Crippen MR) is 138 cm³/mol. The van der Waals surface area contributed by atoms with E-state index in [1.165, 1.54) is 18.6 Å². The molecule has 2 heterocycles.